The number of esters is 1. The van der Waals surface area contributed by atoms with E-state index in [2.05, 4.69) is 4.74 Å². The fourth-order valence-electron chi connectivity index (χ4n) is 0.796. The van der Waals surface area contributed by atoms with E-state index in [1.165, 1.54) is 13.3 Å². The van der Waals surface area contributed by atoms with Crippen LogP contribution in [0, 0.1) is 0 Å². The molecule has 1 aliphatic rings. The third-order valence-electron chi connectivity index (χ3n) is 1.37. The molecule has 0 aliphatic carbocycles. The third kappa shape index (κ3) is 1.38. The van der Waals surface area contributed by atoms with Gasteiger partial charge in [-0.15, -0.1) is 0 Å². The smallest absolute Gasteiger partial charge is 0.335 e. The number of ether oxygens (including phenoxy) is 1. The number of hydrogen-bond acceptors (Lipinski definition) is 4. The minimum absolute atomic E-state index is 0.0309. The summed E-state index contributed by atoms with van der Waals surface area (Å²) in [5.74, 6) is 4.35. The summed E-state index contributed by atoms with van der Waals surface area (Å²) in [4.78, 5) is 21.5. The van der Waals surface area contributed by atoms with Crippen molar-refractivity contribution < 1.29 is 14.3 Å². The molecule has 0 atom stereocenters. The van der Waals surface area contributed by atoms with E-state index in [0.29, 0.717) is 5.57 Å². The molecule has 60 valence electrons. The summed E-state index contributed by atoms with van der Waals surface area (Å²) in [6.45, 7) is 0. The van der Waals surface area contributed by atoms with Crippen molar-refractivity contribution in [3.8, 4) is 0 Å². The van der Waals surface area contributed by atoms with Crippen molar-refractivity contribution in [3.05, 3.63) is 11.8 Å². The van der Waals surface area contributed by atoms with Crippen molar-refractivity contribution in [1.29, 1.82) is 0 Å². The van der Waals surface area contributed by atoms with Crippen LogP contribution in [-0.4, -0.2) is 24.0 Å². The van der Waals surface area contributed by atoms with Gasteiger partial charge in [0.2, 0.25) is 5.91 Å². The van der Waals surface area contributed by atoms with Gasteiger partial charge in [0.1, 0.15) is 0 Å². The Morgan fingerprint density at radius 1 is 1.82 bits per heavy atom. The number of hydrogen-bond donors (Lipinski definition) is 1. The molecule has 0 aromatic rings. The standard InChI is InChI=1S/C6H8N2O3/c1-11-6(10)4-2-5(9)8(7)3-4/h3H,2,7H2,1H3. The van der Waals surface area contributed by atoms with Crippen LogP contribution in [0.15, 0.2) is 11.8 Å². The van der Waals surface area contributed by atoms with Crippen LogP contribution < -0.4 is 5.84 Å². The molecular formula is C6H8N2O3. The largest absolute Gasteiger partial charge is 0.466 e. The summed E-state index contributed by atoms with van der Waals surface area (Å²) >= 11 is 0. The molecule has 0 saturated carbocycles. The first kappa shape index (κ1) is 7.74. The normalized spacial score (nSPS) is 16.7. The van der Waals surface area contributed by atoms with Gasteiger partial charge in [-0.3, -0.25) is 9.80 Å². The van der Waals surface area contributed by atoms with Crippen molar-refractivity contribution in [1.82, 2.24) is 5.01 Å². The molecule has 0 bridgehead atoms. The number of carbonyl (C=O) groups is 2. The van der Waals surface area contributed by atoms with E-state index >= 15 is 0 Å². The van der Waals surface area contributed by atoms with Gasteiger partial charge in [-0.25, -0.2) is 10.6 Å². The van der Waals surface area contributed by atoms with Gasteiger partial charge in [0.05, 0.1) is 19.1 Å². The van der Waals surface area contributed by atoms with Gasteiger partial charge in [0, 0.05) is 6.20 Å². The SMILES string of the molecule is COC(=O)C1=CN(N)C(=O)C1. The van der Waals surface area contributed by atoms with E-state index in [1.807, 2.05) is 0 Å². The molecule has 1 rings (SSSR count). The maximum Gasteiger partial charge on any atom is 0.335 e. The molecule has 0 radical (unpaired) electrons. The zero-order valence-corrected chi connectivity index (χ0v) is 6.03. The number of methoxy groups -OCH3 is 1. The number of rotatable bonds is 1. The highest BCUT2D eigenvalue weighted by atomic mass is 16.5. The van der Waals surface area contributed by atoms with E-state index in [4.69, 9.17) is 5.84 Å². The molecule has 5 nitrogen and oxygen atoms in total. The molecule has 5 heteroatoms. The van der Waals surface area contributed by atoms with Gasteiger partial charge in [-0.05, 0) is 0 Å². The first-order valence-electron chi connectivity index (χ1n) is 3.01. The van der Waals surface area contributed by atoms with Gasteiger partial charge < -0.3 is 4.74 Å². The monoisotopic (exact) mass is 156 g/mol. The van der Waals surface area contributed by atoms with Crippen molar-refractivity contribution in [2.24, 2.45) is 5.84 Å². The Morgan fingerprint density at radius 2 is 2.45 bits per heavy atom. The molecular weight excluding hydrogens is 148 g/mol. The van der Waals surface area contributed by atoms with Crippen LogP contribution in [0.2, 0.25) is 0 Å². The molecule has 0 unspecified atom stereocenters. The predicted octanol–water partition coefficient (Wildman–Crippen LogP) is -0.851. The fraction of sp³-hybridized carbons (Fsp3) is 0.333. The number of hydrazine groups is 1. The van der Waals surface area contributed by atoms with E-state index < -0.39 is 5.97 Å². The van der Waals surface area contributed by atoms with Crippen LogP contribution in [0.3, 0.4) is 0 Å². The lowest BCUT2D eigenvalue weighted by atomic mass is 10.2. The summed E-state index contributed by atoms with van der Waals surface area (Å²) in [5, 5.41) is 0.881. The summed E-state index contributed by atoms with van der Waals surface area (Å²) in [6, 6.07) is 0. The second-order valence-corrected chi connectivity index (χ2v) is 2.12. The molecule has 1 heterocycles. The highest BCUT2D eigenvalue weighted by Crippen LogP contribution is 2.13. The van der Waals surface area contributed by atoms with Crippen LogP contribution in [0.1, 0.15) is 6.42 Å². The average molecular weight is 156 g/mol. The second kappa shape index (κ2) is 2.71. The van der Waals surface area contributed by atoms with Crippen molar-refractivity contribution in [2.75, 3.05) is 7.11 Å². The summed E-state index contributed by atoms with van der Waals surface area (Å²) in [6.07, 6.45) is 1.30. The van der Waals surface area contributed by atoms with E-state index in [1.54, 1.807) is 0 Å². The van der Waals surface area contributed by atoms with Gasteiger partial charge in [-0.2, -0.15) is 0 Å². The topological polar surface area (TPSA) is 72.6 Å². The Hall–Kier alpha value is -1.36. The molecule has 11 heavy (non-hydrogen) atoms. The molecule has 0 spiro atoms. The highest BCUT2D eigenvalue weighted by molar-refractivity contribution is 5.98. The van der Waals surface area contributed by atoms with Gasteiger partial charge in [0.25, 0.3) is 0 Å². The summed E-state index contributed by atoms with van der Waals surface area (Å²) in [5.41, 5.74) is 0.292. The Morgan fingerprint density at radius 3 is 2.82 bits per heavy atom. The van der Waals surface area contributed by atoms with Crippen molar-refractivity contribution in [2.45, 2.75) is 6.42 Å². The molecule has 1 aliphatic heterocycles. The van der Waals surface area contributed by atoms with Crippen LogP contribution in [0.5, 0.6) is 0 Å². The summed E-state index contributed by atoms with van der Waals surface area (Å²) in [7, 11) is 1.26. The van der Waals surface area contributed by atoms with Crippen LogP contribution in [0.25, 0.3) is 0 Å². The van der Waals surface area contributed by atoms with Gasteiger partial charge in [0.15, 0.2) is 0 Å². The lowest BCUT2D eigenvalue weighted by molar-refractivity contribution is -0.137. The highest BCUT2D eigenvalue weighted by Gasteiger charge is 2.24. The number of nitrogens with two attached hydrogens (primary N) is 1. The summed E-state index contributed by atoms with van der Waals surface area (Å²) < 4.78 is 4.39. The van der Waals surface area contributed by atoms with Crippen LogP contribution in [0.4, 0.5) is 0 Å². The average Bonchev–Trinajstić information content (AvgIpc) is 2.31. The van der Waals surface area contributed by atoms with Crippen LogP contribution >= 0.6 is 0 Å². The van der Waals surface area contributed by atoms with Gasteiger partial charge in [-0.1, -0.05) is 0 Å². The molecule has 2 N–H and O–H groups in total. The molecule has 0 aromatic heterocycles. The number of nitrogens with zero attached hydrogens (tertiary/aromatic N) is 1. The second-order valence-electron chi connectivity index (χ2n) is 2.12. The van der Waals surface area contributed by atoms with Gasteiger partial charge >= 0.3 is 5.97 Å². The number of carbonyl (C=O) groups excluding carboxylic acids is 2. The lowest BCUT2D eigenvalue weighted by Gasteiger charge is -2.00. The Kier molecular flexibility index (Phi) is 1.91. The zero-order valence-electron chi connectivity index (χ0n) is 6.03. The fourth-order valence-corrected chi connectivity index (χ4v) is 0.796. The first-order valence-corrected chi connectivity index (χ1v) is 3.01. The molecule has 0 aromatic carbocycles. The lowest BCUT2D eigenvalue weighted by Crippen LogP contribution is -2.27. The molecule has 0 saturated heterocycles. The van der Waals surface area contributed by atoms with Crippen LogP contribution in [-0.2, 0) is 14.3 Å². The molecule has 0 fully saturated rings. The Labute approximate surface area is 63.4 Å². The Balaban J connectivity index is 2.71. The maximum absolute atomic E-state index is 10.8. The van der Waals surface area contributed by atoms with E-state index in [9.17, 15) is 9.59 Å². The van der Waals surface area contributed by atoms with Crippen molar-refractivity contribution >= 4 is 11.9 Å². The number of amides is 1. The first-order chi connectivity index (χ1) is 5.15. The minimum atomic E-state index is -0.508. The van der Waals surface area contributed by atoms with E-state index in [0.717, 1.165) is 5.01 Å². The minimum Gasteiger partial charge on any atom is -0.466 e. The molecule has 1 amide bonds. The zero-order chi connectivity index (χ0) is 8.43. The predicted molar refractivity (Wildman–Crippen MR) is 35.7 cm³/mol. The maximum atomic E-state index is 10.8. The van der Waals surface area contributed by atoms with E-state index in [-0.39, 0.29) is 12.3 Å². The van der Waals surface area contributed by atoms with Crippen molar-refractivity contribution in [3.63, 3.8) is 0 Å². The third-order valence-corrected chi connectivity index (χ3v) is 1.37. The quantitative estimate of drug-likeness (QED) is 0.305. The Bertz CT molecular complexity index is 234.